The van der Waals surface area contributed by atoms with Gasteiger partial charge in [0.15, 0.2) is 0 Å². The molecule has 3 atom stereocenters. The lowest BCUT2D eigenvalue weighted by molar-refractivity contribution is -0.193. The second kappa shape index (κ2) is 7.55. The number of benzene rings is 1. The maximum atomic E-state index is 12.8. The Labute approximate surface area is 174 Å². The highest BCUT2D eigenvalue weighted by Crippen LogP contribution is 2.47. The molecule has 5 nitrogen and oxygen atoms in total. The van der Waals surface area contributed by atoms with Crippen LogP contribution in [0.3, 0.4) is 0 Å². The summed E-state index contributed by atoms with van der Waals surface area (Å²) in [4.78, 5) is 29.2. The maximum Gasteiger partial charge on any atom is 0.416 e. The molecule has 1 spiro atoms. The third-order valence-electron chi connectivity index (χ3n) is 6.80. The highest BCUT2D eigenvalue weighted by molar-refractivity contribution is 5.80. The summed E-state index contributed by atoms with van der Waals surface area (Å²) in [5.41, 5.74) is -0.774. The van der Waals surface area contributed by atoms with E-state index in [1.807, 2.05) is 4.90 Å². The third kappa shape index (κ3) is 3.59. The van der Waals surface area contributed by atoms with Crippen molar-refractivity contribution in [3.8, 4) is 0 Å². The van der Waals surface area contributed by atoms with E-state index < -0.39 is 17.5 Å². The Kier molecular flexibility index (Phi) is 5.33. The summed E-state index contributed by atoms with van der Waals surface area (Å²) in [5.74, 6) is 0.383. The van der Waals surface area contributed by atoms with Gasteiger partial charge in [-0.25, -0.2) is 0 Å². The van der Waals surface area contributed by atoms with E-state index >= 15 is 0 Å². The first kappa shape index (κ1) is 21.2. The second-order valence-electron chi connectivity index (χ2n) is 8.93. The van der Waals surface area contributed by atoms with Gasteiger partial charge < -0.3 is 14.5 Å². The summed E-state index contributed by atoms with van der Waals surface area (Å²) in [6.07, 6.45) is -2.60. The number of carbonyl (C=O) groups is 2. The van der Waals surface area contributed by atoms with Crippen LogP contribution in [0.2, 0.25) is 0 Å². The van der Waals surface area contributed by atoms with E-state index in [-0.39, 0.29) is 30.2 Å². The predicted molar refractivity (Wildman–Crippen MR) is 103 cm³/mol. The van der Waals surface area contributed by atoms with Crippen molar-refractivity contribution < 1.29 is 27.5 Å². The molecule has 164 valence electrons. The van der Waals surface area contributed by atoms with Gasteiger partial charge in [-0.1, -0.05) is 26.0 Å². The van der Waals surface area contributed by atoms with Crippen LogP contribution in [0.15, 0.2) is 24.3 Å². The largest absolute Gasteiger partial charge is 0.416 e. The molecule has 3 aliphatic heterocycles. The molecule has 0 aliphatic carbocycles. The summed E-state index contributed by atoms with van der Waals surface area (Å²) in [7, 11) is 0. The van der Waals surface area contributed by atoms with Crippen LogP contribution in [0, 0.1) is 11.8 Å². The van der Waals surface area contributed by atoms with E-state index in [0.717, 1.165) is 12.1 Å². The van der Waals surface area contributed by atoms with Gasteiger partial charge in [-0.05, 0) is 30.0 Å². The van der Waals surface area contributed by atoms with Gasteiger partial charge in [-0.3, -0.25) is 9.59 Å². The highest BCUT2D eigenvalue weighted by Gasteiger charge is 2.59. The quantitative estimate of drug-likeness (QED) is 0.747. The van der Waals surface area contributed by atoms with Gasteiger partial charge in [-0.15, -0.1) is 0 Å². The van der Waals surface area contributed by atoms with E-state index in [9.17, 15) is 22.8 Å². The molecule has 3 saturated heterocycles. The Morgan fingerprint density at radius 3 is 2.60 bits per heavy atom. The van der Waals surface area contributed by atoms with Gasteiger partial charge in [0.05, 0.1) is 24.6 Å². The fraction of sp³-hybridized carbons (Fsp3) is 0.636. The molecule has 2 unspecified atom stereocenters. The highest BCUT2D eigenvalue weighted by atomic mass is 19.4. The number of hydrogen-bond donors (Lipinski definition) is 0. The van der Waals surface area contributed by atoms with E-state index in [1.165, 1.54) is 12.1 Å². The predicted octanol–water partition coefficient (Wildman–Crippen LogP) is 3.47. The van der Waals surface area contributed by atoms with E-state index in [0.29, 0.717) is 50.4 Å². The zero-order chi connectivity index (χ0) is 21.7. The number of likely N-dealkylation sites (tertiary alicyclic amines) is 1. The lowest BCUT2D eigenvalue weighted by atomic mass is 9.79. The molecule has 0 bridgehead atoms. The van der Waals surface area contributed by atoms with E-state index in [1.54, 1.807) is 4.90 Å². The molecule has 2 amide bonds. The number of alkyl halides is 3. The molecule has 1 aromatic carbocycles. The van der Waals surface area contributed by atoms with E-state index in [4.69, 9.17) is 4.74 Å². The second-order valence-corrected chi connectivity index (χ2v) is 8.93. The molecule has 0 aromatic heterocycles. The lowest BCUT2D eigenvalue weighted by Gasteiger charge is -2.53. The average Bonchev–Trinajstić information content (AvgIpc) is 3.08. The van der Waals surface area contributed by atoms with Crippen molar-refractivity contribution in [1.82, 2.24) is 9.80 Å². The SMILES string of the molecule is CC(C)[C@H]1COC23CCN(C(=O)Cc4ccc(C(F)(F)F)cc4)CC2CCC(=O)N13. The minimum Gasteiger partial charge on any atom is -0.353 e. The zero-order valence-electron chi connectivity index (χ0n) is 17.2. The van der Waals surface area contributed by atoms with Gasteiger partial charge in [0.1, 0.15) is 5.72 Å². The van der Waals surface area contributed by atoms with Crippen LogP contribution in [0.1, 0.15) is 44.2 Å². The monoisotopic (exact) mass is 424 g/mol. The smallest absolute Gasteiger partial charge is 0.353 e. The number of rotatable bonds is 3. The average molecular weight is 424 g/mol. The molecule has 3 heterocycles. The van der Waals surface area contributed by atoms with E-state index in [2.05, 4.69) is 13.8 Å². The molecule has 4 rings (SSSR count). The van der Waals surface area contributed by atoms with Gasteiger partial charge in [-0.2, -0.15) is 13.2 Å². The Hall–Kier alpha value is -2.09. The van der Waals surface area contributed by atoms with Crippen molar-refractivity contribution in [1.29, 1.82) is 0 Å². The summed E-state index contributed by atoms with van der Waals surface area (Å²) >= 11 is 0. The number of piperidine rings is 2. The number of carbonyl (C=O) groups excluding carboxylic acids is 2. The number of hydrogen-bond acceptors (Lipinski definition) is 3. The fourth-order valence-corrected chi connectivity index (χ4v) is 5.11. The number of ether oxygens (including phenoxy) is 1. The van der Waals surface area contributed by atoms with Crippen LogP contribution in [0.5, 0.6) is 0 Å². The van der Waals surface area contributed by atoms with Crippen molar-refractivity contribution in [2.24, 2.45) is 11.8 Å². The first-order valence-corrected chi connectivity index (χ1v) is 10.5. The molecule has 0 N–H and O–H groups in total. The van der Waals surface area contributed by atoms with Crippen molar-refractivity contribution in [2.45, 2.75) is 57.5 Å². The molecule has 1 aromatic rings. The summed E-state index contributed by atoms with van der Waals surface area (Å²) in [5, 5.41) is 0. The lowest BCUT2D eigenvalue weighted by Crippen LogP contribution is -2.65. The van der Waals surface area contributed by atoms with Crippen molar-refractivity contribution in [2.75, 3.05) is 19.7 Å². The number of amides is 2. The minimum atomic E-state index is -4.39. The molecule has 8 heteroatoms. The Balaban J connectivity index is 1.44. The Morgan fingerprint density at radius 1 is 1.27 bits per heavy atom. The van der Waals surface area contributed by atoms with Crippen LogP contribution in [0.4, 0.5) is 13.2 Å². The van der Waals surface area contributed by atoms with Crippen LogP contribution in [0.25, 0.3) is 0 Å². The Bertz CT molecular complexity index is 824. The summed E-state index contributed by atoms with van der Waals surface area (Å²) < 4.78 is 44.4. The minimum absolute atomic E-state index is 0.0595. The molecule has 3 fully saturated rings. The first-order valence-electron chi connectivity index (χ1n) is 10.5. The molecular formula is C22H27F3N2O3. The number of halogens is 3. The van der Waals surface area contributed by atoms with Crippen LogP contribution in [-0.4, -0.2) is 53.1 Å². The zero-order valence-corrected chi connectivity index (χ0v) is 17.2. The van der Waals surface area contributed by atoms with Gasteiger partial charge in [0, 0.05) is 31.8 Å². The summed E-state index contributed by atoms with van der Waals surface area (Å²) in [6, 6.07) is 4.81. The molecule has 30 heavy (non-hydrogen) atoms. The van der Waals surface area contributed by atoms with Crippen molar-refractivity contribution in [3.05, 3.63) is 35.4 Å². The normalized spacial score (nSPS) is 29.2. The van der Waals surface area contributed by atoms with Gasteiger partial charge in [0.25, 0.3) is 0 Å². The molecule has 0 radical (unpaired) electrons. The van der Waals surface area contributed by atoms with Gasteiger partial charge in [0.2, 0.25) is 11.8 Å². The third-order valence-corrected chi connectivity index (χ3v) is 6.80. The van der Waals surface area contributed by atoms with Crippen LogP contribution < -0.4 is 0 Å². The molecule has 3 aliphatic rings. The van der Waals surface area contributed by atoms with Crippen LogP contribution in [-0.2, 0) is 26.9 Å². The topological polar surface area (TPSA) is 49.9 Å². The standard InChI is InChI=1S/C22H27F3N2O3/c1-14(2)18-13-30-21-9-10-26(12-17(21)7-8-19(28)27(18)21)20(29)11-15-3-5-16(6-4-15)22(23,24)25/h3-6,14,17-18H,7-13H2,1-2H3/t17?,18-,21?/m1/s1. The first-order chi connectivity index (χ1) is 14.1. The van der Waals surface area contributed by atoms with Gasteiger partial charge >= 0.3 is 6.18 Å². The van der Waals surface area contributed by atoms with Crippen molar-refractivity contribution >= 4 is 11.8 Å². The molecule has 0 saturated carbocycles. The van der Waals surface area contributed by atoms with Crippen LogP contribution >= 0.6 is 0 Å². The summed E-state index contributed by atoms with van der Waals surface area (Å²) in [6.45, 7) is 5.69. The number of nitrogens with zero attached hydrogens (tertiary/aromatic N) is 2. The fourth-order valence-electron chi connectivity index (χ4n) is 5.11. The maximum absolute atomic E-state index is 12.8. The van der Waals surface area contributed by atoms with Crippen molar-refractivity contribution in [3.63, 3.8) is 0 Å². The molecular weight excluding hydrogens is 397 g/mol. The Morgan fingerprint density at radius 2 is 1.97 bits per heavy atom.